The molecule has 0 aliphatic carbocycles. The molecule has 2 N–H and O–H groups in total. The van der Waals surface area contributed by atoms with Crippen molar-refractivity contribution in [3.8, 4) is 0 Å². The van der Waals surface area contributed by atoms with Crippen molar-refractivity contribution in [2.24, 2.45) is 0 Å². The van der Waals surface area contributed by atoms with Gasteiger partial charge in [-0.1, -0.05) is 23.8 Å². The molecule has 110 valence electrons. The first-order valence-corrected chi connectivity index (χ1v) is 6.81. The molecule has 0 saturated carbocycles. The summed E-state index contributed by atoms with van der Waals surface area (Å²) in [7, 11) is 0.248. The summed E-state index contributed by atoms with van der Waals surface area (Å²) in [5.41, 5.74) is 4.28. The molecule has 21 heavy (non-hydrogen) atoms. The van der Waals surface area contributed by atoms with Gasteiger partial charge < -0.3 is 14.9 Å². The van der Waals surface area contributed by atoms with Crippen molar-refractivity contribution >= 4 is 18.3 Å². The smallest absolute Gasteiger partial charge is 0.423 e. The lowest BCUT2D eigenvalue weighted by Crippen LogP contribution is -2.35. The van der Waals surface area contributed by atoms with E-state index in [9.17, 15) is 14.4 Å². The molecule has 0 aromatic heterocycles. The number of hydrogen-bond donors (Lipinski definition) is 2. The second kappa shape index (κ2) is 6.29. The molecule has 0 aliphatic heterocycles. The molecule has 5 heteroatoms. The molecule has 0 atom stereocenters. The highest BCUT2D eigenvalue weighted by Gasteiger charge is 2.18. The van der Waals surface area contributed by atoms with Gasteiger partial charge in [0.2, 0.25) is 0 Å². The molecule has 2 aromatic carbocycles. The quantitative estimate of drug-likeness (QED) is 0.842. The van der Waals surface area contributed by atoms with Crippen LogP contribution in [0.4, 0.5) is 10.1 Å². The van der Waals surface area contributed by atoms with E-state index in [1.807, 2.05) is 37.9 Å². The van der Waals surface area contributed by atoms with E-state index in [-0.39, 0.29) is 5.46 Å². The number of benzene rings is 2. The van der Waals surface area contributed by atoms with E-state index in [1.54, 1.807) is 6.07 Å². The van der Waals surface area contributed by atoms with E-state index in [4.69, 9.17) is 0 Å². The van der Waals surface area contributed by atoms with Crippen LogP contribution in [-0.2, 0) is 6.54 Å². The Hall–Kier alpha value is -1.85. The van der Waals surface area contributed by atoms with Crippen LogP contribution in [0.5, 0.6) is 0 Å². The van der Waals surface area contributed by atoms with Crippen molar-refractivity contribution in [3.63, 3.8) is 0 Å². The average Bonchev–Trinajstić information content (AvgIpc) is 2.40. The van der Waals surface area contributed by atoms with Gasteiger partial charge in [-0.25, -0.2) is 4.39 Å². The number of nitrogens with zero attached hydrogens (tertiary/aromatic N) is 1. The van der Waals surface area contributed by atoms with E-state index in [2.05, 4.69) is 6.07 Å². The molecule has 0 amide bonds. The molecule has 0 bridgehead atoms. The Bertz CT molecular complexity index is 646. The van der Waals surface area contributed by atoms with Crippen molar-refractivity contribution in [1.29, 1.82) is 0 Å². The van der Waals surface area contributed by atoms with Gasteiger partial charge in [0.05, 0.1) is 0 Å². The minimum absolute atomic E-state index is 0.201. The van der Waals surface area contributed by atoms with Crippen LogP contribution in [0.1, 0.15) is 16.7 Å². The van der Waals surface area contributed by atoms with Crippen LogP contribution in [0.25, 0.3) is 0 Å². The molecule has 2 aromatic rings. The molecule has 0 spiro atoms. The van der Waals surface area contributed by atoms with Gasteiger partial charge in [0, 0.05) is 19.3 Å². The summed E-state index contributed by atoms with van der Waals surface area (Å²) < 4.78 is 13.2. The van der Waals surface area contributed by atoms with Crippen LogP contribution in [-0.4, -0.2) is 24.2 Å². The third kappa shape index (κ3) is 3.62. The summed E-state index contributed by atoms with van der Waals surface area (Å²) in [5, 5.41) is 18.7. The Morgan fingerprint density at radius 2 is 1.81 bits per heavy atom. The molecule has 0 fully saturated rings. The summed E-state index contributed by atoms with van der Waals surface area (Å²) in [4.78, 5) is 2.01. The Morgan fingerprint density at radius 1 is 1.10 bits per heavy atom. The monoisotopic (exact) mass is 287 g/mol. The largest absolute Gasteiger partial charge is 0.488 e. The van der Waals surface area contributed by atoms with Gasteiger partial charge in [0.15, 0.2) is 0 Å². The summed E-state index contributed by atoms with van der Waals surface area (Å²) >= 11 is 0. The molecular formula is C16H19BFNO2. The summed E-state index contributed by atoms with van der Waals surface area (Å²) in [6.07, 6.45) is 0. The van der Waals surface area contributed by atoms with Crippen molar-refractivity contribution in [3.05, 3.63) is 58.9 Å². The minimum atomic E-state index is -1.68. The first-order chi connectivity index (χ1) is 9.88. The maximum Gasteiger partial charge on any atom is 0.488 e. The van der Waals surface area contributed by atoms with Crippen LogP contribution in [0.3, 0.4) is 0 Å². The van der Waals surface area contributed by atoms with Crippen LogP contribution >= 0.6 is 0 Å². The zero-order valence-electron chi connectivity index (χ0n) is 12.5. The lowest BCUT2D eigenvalue weighted by molar-refractivity contribution is 0.425. The predicted octanol–water partition coefficient (Wildman–Crippen LogP) is 1.76. The normalized spacial score (nSPS) is 10.6. The Morgan fingerprint density at radius 3 is 2.43 bits per heavy atom. The third-order valence-corrected chi connectivity index (χ3v) is 3.56. The maximum atomic E-state index is 13.2. The fourth-order valence-electron chi connectivity index (χ4n) is 2.52. The minimum Gasteiger partial charge on any atom is -0.423 e. The molecular weight excluding hydrogens is 268 g/mol. The summed E-state index contributed by atoms with van der Waals surface area (Å²) in [6, 6.07) is 10.2. The van der Waals surface area contributed by atoms with Gasteiger partial charge in [0.1, 0.15) is 5.82 Å². The Kier molecular flexibility index (Phi) is 4.65. The highest BCUT2D eigenvalue weighted by molar-refractivity contribution is 6.59. The van der Waals surface area contributed by atoms with Crippen LogP contribution < -0.4 is 10.4 Å². The van der Waals surface area contributed by atoms with Gasteiger partial charge in [-0.2, -0.15) is 0 Å². The lowest BCUT2D eigenvalue weighted by Gasteiger charge is -2.23. The van der Waals surface area contributed by atoms with Gasteiger partial charge in [-0.15, -0.1) is 0 Å². The topological polar surface area (TPSA) is 43.7 Å². The second-order valence-electron chi connectivity index (χ2n) is 5.36. The van der Waals surface area contributed by atoms with E-state index in [0.717, 1.165) is 17.3 Å². The van der Waals surface area contributed by atoms with E-state index in [1.165, 1.54) is 11.6 Å². The van der Waals surface area contributed by atoms with Gasteiger partial charge in [-0.3, -0.25) is 0 Å². The summed E-state index contributed by atoms with van der Waals surface area (Å²) in [5.74, 6) is -0.476. The van der Waals surface area contributed by atoms with E-state index < -0.39 is 12.9 Å². The molecule has 3 nitrogen and oxygen atoms in total. The van der Waals surface area contributed by atoms with E-state index >= 15 is 0 Å². The van der Waals surface area contributed by atoms with Crippen molar-refractivity contribution in [2.75, 3.05) is 11.9 Å². The highest BCUT2D eigenvalue weighted by atomic mass is 19.1. The fraction of sp³-hybridized carbons (Fsp3) is 0.250. The zero-order valence-corrected chi connectivity index (χ0v) is 12.5. The van der Waals surface area contributed by atoms with Crippen LogP contribution in [0.2, 0.25) is 0 Å². The van der Waals surface area contributed by atoms with Gasteiger partial charge in [0.25, 0.3) is 0 Å². The predicted molar refractivity (Wildman–Crippen MR) is 84.2 cm³/mol. The molecule has 0 aliphatic rings. The standard InChI is InChI=1S/C16H19BFNO2/c1-11-4-7-16(12(2)8-11)19(3)10-13-5-6-14(18)9-15(13)17(20)21/h4-9,20-21H,10H2,1-3H3. The van der Waals surface area contributed by atoms with Gasteiger partial charge in [-0.05, 0) is 48.6 Å². The highest BCUT2D eigenvalue weighted by Crippen LogP contribution is 2.21. The molecule has 0 saturated heterocycles. The summed E-state index contributed by atoms with van der Waals surface area (Å²) in [6.45, 7) is 4.54. The van der Waals surface area contributed by atoms with E-state index in [0.29, 0.717) is 12.1 Å². The van der Waals surface area contributed by atoms with Crippen molar-refractivity contribution < 1.29 is 14.4 Å². The lowest BCUT2D eigenvalue weighted by atomic mass is 9.77. The maximum absolute atomic E-state index is 13.2. The Labute approximate surface area is 124 Å². The number of rotatable bonds is 4. The first-order valence-electron chi connectivity index (χ1n) is 6.81. The third-order valence-electron chi connectivity index (χ3n) is 3.56. The van der Waals surface area contributed by atoms with Crippen molar-refractivity contribution in [2.45, 2.75) is 20.4 Å². The Balaban J connectivity index is 2.29. The number of halogens is 1. The molecule has 0 radical (unpaired) electrons. The van der Waals surface area contributed by atoms with Crippen LogP contribution in [0.15, 0.2) is 36.4 Å². The zero-order chi connectivity index (χ0) is 15.6. The fourth-order valence-corrected chi connectivity index (χ4v) is 2.52. The molecule has 0 unspecified atom stereocenters. The number of hydrogen-bond acceptors (Lipinski definition) is 3. The van der Waals surface area contributed by atoms with Gasteiger partial charge >= 0.3 is 7.12 Å². The van der Waals surface area contributed by atoms with Crippen molar-refractivity contribution in [1.82, 2.24) is 0 Å². The van der Waals surface area contributed by atoms with Crippen LogP contribution in [0, 0.1) is 19.7 Å². The second-order valence-corrected chi connectivity index (χ2v) is 5.36. The first kappa shape index (κ1) is 15.5. The number of anilines is 1. The molecule has 0 heterocycles. The molecule has 2 rings (SSSR count). The SMILES string of the molecule is Cc1ccc(N(C)Cc2ccc(F)cc2B(O)O)c(C)c1. The number of aryl methyl sites for hydroxylation is 2. The average molecular weight is 287 g/mol.